The standard InChI is InChI=1S/C21H17N9/c22-20-24-10-8-16(27-20)18-26-17-11-25-21(29-19(17)30(18)12-6-7-12)28-15-5-1-4-14-13(15)3-2-9-23-14/h1-5,8-12H,6-7H2,(H2,22,24,27)(H,25,28,29). The van der Waals surface area contributed by atoms with E-state index in [4.69, 9.17) is 15.7 Å². The van der Waals surface area contributed by atoms with Crippen LogP contribution in [0.1, 0.15) is 18.9 Å². The molecule has 1 aromatic carbocycles. The fourth-order valence-corrected chi connectivity index (χ4v) is 3.64. The minimum absolute atomic E-state index is 0.222. The molecule has 1 saturated carbocycles. The van der Waals surface area contributed by atoms with Gasteiger partial charge in [-0.3, -0.25) is 4.98 Å². The van der Waals surface area contributed by atoms with E-state index in [-0.39, 0.29) is 5.95 Å². The quantitative estimate of drug-likeness (QED) is 0.474. The summed E-state index contributed by atoms with van der Waals surface area (Å²) in [6, 6.07) is 12.0. The van der Waals surface area contributed by atoms with Crippen LogP contribution < -0.4 is 11.1 Å². The van der Waals surface area contributed by atoms with Gasteiger partial charge in [-0.05, 0) is 43.2 Å². The van der Waals surface area contributed by atoms with Gasteiger partial charge < -0.3 is 15.6 Å². The van der Waals surface area contributed by atoms with Crippen LogP contribution in [-0.4, -0.2) is 34.5 Å². The minimum Gasteiger partial charge on any atom is -0.368 e. The molecule has 9 heteroatoms. The number of nitrogens with two attached hydrogens (primary N) is 1. The maximum Gasteiger partial charge on any atom is 0.229 e. The summed E-state index contributed by atoms with van der Waals surface area (Å²) in [5.41, 5.74) is 9.78. The van der Waals surface area contributed by atoms with Crippen molar-refractivity contribution in [2.45, 2.75) is 18.9 Å². The van der Waals surface area contributed by atoms with Gasteiger partial charge in [0.2, 0.25) is 11.9 Å². The van der Waals surface area contributed by atoms with Crippen molar-refractivity contribution in [3.63, 3.8) is 0 Å². The van der Waals surface area contributed by atoms with Crippen LogP contribution >= 0.6 is 0 Å². The zero-order chi connectivity index (χ0) is 20.1. The van der Waals surface area contributed by atoms with Gasteiger partial charge in [0.05, 0.1) is 17.4 Å². The third kappa shape index (κ3) is 2.79. The summed E-state index contributed by atoms with van der Waals surface area (Å²) in [4.78, 5) is 26.7. The molecule has 0 saturated heterocycles. The van der Waals surface area contributed by atoms with E-state index < -0.39 is 0 Å². The van der Waals surface area contributed by atoms with Crippen LogP contribution in [0, 0.1) is 0 Å². The first-order valence-electron chi connectivity index (χ1n) is 9.71. The summed E-state index contributed by atoms with van der Waals surface area (Å²) in [6.45, 7) is 0. The number of rotatable bonds is 4. The van der Waals surface area contributed by atoms with Crippen molar-refractivity contribution >= 4 is 39.7 Å². The van der Waals surface area contributed by atoms with E-state index in [0.29, 0.717) is 17.7 Å². The third-order valence-electron chi connectivity index (χ3n) is 5.14. The first kappa shape index (κ1) is 16.8. The summed E-state index contributed by atoms with van der Waals surface area (Å²) in [6.07, 6.45) is 7.33. The van der Waals surface area contributed by atoms with E-state index in [9.17, 15) is 0 Å². The normalized spacial score (nSPS) is 13.7. The predicted molar refractivity (Wildman–Crippen MR) is 114 cm³/mol. The van der Waals surface area contributed by atoms with Crippen LogP contribution in [0.5, 0.6) is 0 Å². The van der Waals surface area contributed by atoms with Crippen molar-refractivity contribution in [2.75, 3.05) is 11.1 Å². The highest BCUT2D eigenvalue weighted by Crippen LogP contribution is 2.40. The number of nitrogens with one attached hydrogen (secondary N) is 1. The number of nitrogen functional groups attached to an aromatic ring is 1. The van der Waals surface area contributed by atoms with Crippen LogP contribution in [0.2, 0.25) is 0 Å². The van der Waals surface area contributed by atoms with Gasteiger partial charge in [-0.2, -0.15) is 4.98 Å². The number of hydrogen-bond donors (Lipinski definition) is 2. The Balaban J connectivity index is 1.47. The summed E-state index contributed by atoms with van der Waals surface area (Å²) < 4.78 is 2.13. The number of aromatic nitrogens is 7. The van der Waals surface area contributed by atoms with E-state index in [1.165, 1.54) is 0 Å². The topological polar surface area (TPSA) is 120 Å². The number of fused-ring (bicyclic) bond motifs is 2. The molecule has 0 atom stereocenters. The maximum atomic E-state index is 5.79. The van der Waals surface area contributed by atoms with Crippen molar-refractivity contribution in [3.05, 3.63) is 55.0 Å². The molecule has 146 valence electrons. The van der Waals surface area contributed by atoms with Crippen LogP contribution in [0.25, 0.3) is 33.6 Å². The Bertz CT molecular complexity index is 1400. The number of benzene rings is 1. The molecule has 0 amide bonds. The summed E-state index contributed by atoms with van der Waals surface area (Å²) >= 11 is 0. The highest BCUT2D eigenvalue weighted by Gasteiger charge is 2.30. The van der Waals surface area contributed by atoms with Crippen LogP contribution in [0.15, 0.2) is 55.0 Å². The fourth-order valence-electron chi connectivity index (χ4n) is 3.64. The number of imidazole rings is 1. The lowest BCUT2D eigenvalue weighted by molar-refractivity contribution is 0.763. The van der Waals surface area contributed by atoms with Gasteiger partial charge in [0.25, 0.3) is 0 Å². The molecule has 1 aliphatic rings. The molecular weight excluding hydrogens is 378 g/mol. The predicted octanol–water partition coefficient (Wildman–Crippen LogP) is 3.49. The smallest absolute Gasteiger partial charge is 0.229 e. The van der Waals surface area contributed by atoms with Crippen LogP contribution in [0.3, 0.4) is 0 Å². The van der Waals surface area contributed by atoms with Crippen molar-refractivity contribution in [1.82, 2.24) is 34.5 Å². The molecule has 6 rings (SSSR count). The maximum absolute atomic E-state index is 5.79. The van der Waals surface area contributed by atoms with E-state index in [1.807, 2.05) is 36.4 Å². The Morgan fingerprint density at radius 2 is 1.83 bits per heavy atom. The molecule has 4 heterocycles. The zero-order valence-corrected chi connectivity index (χ0v) is 15.9. The Morgan fingerprint density at radius 1 is 0.900 bits per heavy atom. The van der Waals surface area contributed by atoms with Gasteiger partial charge >= 0.3 is 0 Å². The Hall–Kier alpha value is -4.14. The van der Waals surface area contributed by atoms with Crippen molar-refractivity contribution in [3.8, 4) is 11.5 Å². The van der Waals surface area contributed by atoms with Gasteiger partial charge in [0, 0.05) is 23.8 Å². The molecule has 0 bridgehead atoms. The monoisotopic (exact) mass is 395 g/mol. The SMILES string of the molecule is Nc1nccc(-c2nc3cnc(Nc4cccc5ncccc45)nc3n2C2CC2)n1. The summed E-state index contributed by atoms with van der Waals surface area (Å²) in [5, 5.41) is 4.35. The fraction of sp³-hybridized carbons (Fsp3) is 0.143. The minimum atomic E-state index is 0.222. The lowest BCUT2D eigenvalue weighted by Crippen LogP contribution is -2.03. The molecule has 3 N–H and O–H groups in total. The van der Waals surface area contributed by atoms with Crippen molar-refractivity contribution in [1.29, 1.82) is 0 Å². The number of anilines is 3. The van der Waals surface area contributed by atoms with E-state index in [0.717, 1.165) is 46.4 Å². The second-order valence-electron chi connectivity index (χ2n) is 7.24. The second-order valence-corrected chi connectivity index (χ2v) is 7.24. The van der Waals surface area contributed by atoms with Gasteiger partial charge in [-0.1, -0.05) is 6.07 Å². The van der Waals surface area contributed by atoms with Crippen LogP contribution in [0.4, 0.5) is 17.6 Å². The van der Waals surface area contributed by atoms with Crippen LogP contribution in [-0.2, 0) is 0 Å². The molecule has 1 aliphatic carbocycles. The average Bonchev–Trinajstić information content (AvgIpc) is 3.54. The van der Waals surface area contributed by atoms with E-state index >= 15 is 0 Å². The van der Waals surface area contributed by atoms with Gasteiger partial charge in [-0.25, -0.2) is 19.9 Å². The van der Waals surface area contributed by atoms with Gasteiger partial charge in [0.1, 0.15) is 11.2 Å². The van der Waals surface area contributed by atoms with Gasteiger partial charge in [0.15, 0.2) is 11.5 Å². The second kappa shape index (κ2) is 6.45. The Kier molecular flexibility index (Phi) is 3.61. The van der Waals surface area contributed by atoms with Gasteiger partial charge in [-0.15, -0.1) is 0 Å². The Labute approximate surface area is 171 Å². The highest BCUT2D eigenvalue weighted by molar-refractivity contribution is 5.92. The molecule has 0 spiro atoms. The average molecular weight is 395 g/mol. The first-order valence-corrected chi connectivity index (χ1v) is 9.71. The third-order valence-corrected chi connectivity index (χ3v) is 5.14. The molecule has 4 aromatic heterocycles. The zero-order valence-electron chi connectivity index (χ0n) is 15.9. The number of hydrogen-bond acceptors (Lipinski definition) is 8. The molecule has 0 aliphatic heterocycles. The molecule has 5 aromatic rings. The molecule has 0 radical (unpaired) electrons. The number of pyridine rings is 1. The number of nitrogens with zero attached hydrogens (tertiary/aromatic N) is 7. The highest BCUT2D eigenvalue weighted by atomic mass is 15.2. The lowest BCUT2D eigenvalue weighted by atomic mass is 10.2. The Morgan fingerprint density at radius 3 is 2.70 bits per heavy atom. The molecular formula is C21H17N9. The van der Waals surface area contributed by atoms with Crippen molar-refractivity contribution in [2.24, 2.45) is 0 Å². The molecule has 0 unspecified atom stereocenters. The molecule has 1 fully saturated rings. The lowest BCUT2D eigenvalue weighted by Gasteiger charge is -2.09. The first-order chi connectivity index (χ1) is 14.8. The van der Waals surface area contributed by atoms with E-state index in [2.05, 4.69) is 29.8 Å². The van der Waals surface area contributed by atoms with Crippen molar-refractivity contribution < 1.29 is 0 Å². The summed E-state index contributed by atoms with van der Waals surface area (Å²) in [7, 11) is 0. The molecule has 30 heavy (non-hydrogen) atoms. The summed E-state index contributed by atoms with van der Waals surface area (Å²) in [5.74, 6) is 1.47. The molecule has 9 nitrogen and oxygen atoms in total. The van der Waals surface area contributed by atoms with E-state index in [1.54, 1.807) is 18.6 Å². The largest absolute Gasteiger partial charge is 0.368 e.